The van der Waals surface area contributed by atoms with Gasteiger partial charge in [-0.3, -0.25) is 4.79 Å². The summed E-state index contributed by atoms with van der Waals surface area (Å²) in [6, 6.07) is 13.6. The lowest BCUT2D eigenvalue weighted by Gasteiger charge is -2.22. The van der Waals surface area contributed by atoms with E-state index in [0.29, 0.717) is 10.6 Å². The van der Waals surface area contributed by atoms with Gasteiger partial charge in [-0.2, -0.15) is 10.5 Å². The molecule has 1 aliphatic rings. The van der Waals surface area contributed by atoms with Gasteiger partial charge in [0.05, 0.1) is 11.3 Å². The third-order valence-electron chi connectivity index (χ3n) is 4.79. The number of pyridine rings is 1. The van der Waals surface area contributed by atoms with Crippen LogP contribution in [-0.4, -0.2) is 22.7 Å². The van der Waals surface area contributed by atoms with Crippen molar-refractivity contribution in [3.8, 4) is 23.3 Å². The lowest BCUT2D eigenvalue weighted by molar-refractivity contribution is -0.119. The van der Waals surface area contributed by atoms with Crippen LogP contribution in [0.2, 0.25) is 0 Å². The molecule has 0 unspecified atom stereocenters. The maximum atomic E-state index is 12.3. The second kappa shape index (κ2) is 9.25. The van der Waals surface area contributed by atoms with E-state index in [-0.39, 0.29) is 34.6 Å². The molecule has 1 amide bonds. The molecular formula is C21H21N5OS. The van der Waals surface area contributed by atoms with Crippen LogP contribution in [-0.2, 0) is 4.79 Å². The average molecular weight is 392 g/mol. The Kier molecular flexibility index (Phi) is 6.52. The molecule has 6 nitrogen and oxygen atoms in total. The first-order valence-electron chi connectivity index (χ1n) is 9.25. The molecule has 0 aliphatic heterocycles. The van der Waals surface area contributed by atoms with Gasteiger partial charge in [0.25, 0.3) is 0 Å². The molecule has 3 rings (SSSR count). The largest absolute Gasteiger partial charge is 0.383 e. The molecule has 0 saturated heterocycles. The summed E-state index contributed by atoms with van der Waals surface area (Å²) >= 11 is 1.18. The summed E-state index contributed by atoms with van der Waals surface area (Å²) in [6.45, 7) is 0. The van der Waals surface area contributed by atoms with Gasteiger partial charge in [0.15, 0.2) is 0 Å². The van der Waals surface area contributed by atoms with Crippen LogP contribution in [0.1, 0.15) is 43.2 Å². The molecule has 0 bridgehead atoms. The lowest BCUT2D eigenvalue weighted by Crippen LogP contribution is -2.37. The van der Waals surface area contributed by atoms with E-state index >= 15 is 0 Å². The molecule has 1 heterocycles. The van der Waals surface area contributed by atoms with Crippen molar-refractivity contribution in [1.82, 2.24) is 10.3 Å². The number of nitrogens with zero attached hydrogens (tertiary/aromatic N) is 3. The van der Waals surface area contributed by atoms with Crippen molar-refractivity contribution in [2.24, 2.45) is 0 Å². The molecule has 3 N–H and O–H groups in total. The fourth-order valence-corrected chi connectivity index (χ4v) is 4.25. The molecule has 0 radical (unpaired) electrons. The van der Waals surface area contributed by atoms with E-state index in [9.17, 15) is 15.3 Å². The van der Waals surface area contributed by atoms with E-state index in [0.717, 1.165) is 31.2 Å². The van der Waals surface area contributed by atoms with Crippen LogP contribution in [0.5, 0.6) is 0 Å². The second-order valence-electron chi connectivity index (χ2n) is 6.71. The quantitative estimate of drug-likeness (QED) is 0.752. The molecule has 1 saturated carbocycles. The van der Waals surface area contributed by atoms with E-state index in [1.807, 2.05) is 30.3 Å². The summed E-state index contributed by atoms with van der Waals surface area (Å²) < 4.78 is 0. The number of thioether (sulfide) groups is 1. The molecule has 1 aliphatic carbocycles. The van der Waals surface area contributed by atoms with Gasteiger partial charge in [0, 0.05) is 11.6 Å². The normalized spacial score (nSPS) is 14.1. The van der Waals surface area contributed by atoms with Gasteiger partial charge in [0.2, 0.25) is 5.91 Å². The highest BCUT2D eigenvalue weighted by atomic mass is 32.2. The number of rotatable bonds is 5. The first kappa shape index (κ1) is 19.7. The summed E-state index contributed by atoms with van der Waals surface area (Å²) in [5.41, 5.74) is 7.63. The van der Waals surface area contributed by atoms with E-state index < -0.39 is 0 Å². The Labute approximate surface area is 168 Å². The highest BCUT2D eigenvalue weighted by molar-refractivity contribution is 8.00. The zero-order valence-electron chi connectivity index (χ0n) is 15.4. The summed E-state index contributed by atoms with van der Waals surface area (Å²) in [5, 5.41) is 22.7. The maximum absolute atomic E-state index is 12.3. The number of nitrogens with one attached hydrogen (secondary N) is 1. The number of amides is 1. The van der Waals surface area contributed by atoms with Gasteiger partial charge in [-0.15, -0.1) is 0 Å². The van der Waals surface area contributed by atoms with Gasteiger partial charge in [-0.25, -0.2) is 4.98 Å². The van der Waals surface area contributed by atoms with Crippen molar-refractivity contribution in [2.45, 2.75) is 43.2 Å². The van der Waals surface area contributed by atoms with Gasteiger partial charge in [0.1, 0.15) is 28.5 Å². The molecule has 1 aromatic carbocycles. The zero-order valence-corrected chi connectivity index (χ0v) is 16.3. The number of aromatic nitrogens is 1. The Bertz CT molecular complexity index is 940. The molecule has 1 aromatic heterocycles. The Hall–Kier alpha value is -3.03. The molecule has 0 spiro atoms. The number of hydrogen-bond donors (Lipinski definition) is 2. The number of anilines is 1. The van der Waals surface area contributed by atoms with Crippen molar-refractivity contribution >= 4 is 23.5 Å². The van der Waals surface area contributed by atoms with Crippen molar-refractivity contribution in [3.05, 3.63) is 41.5 Å². The van der Waals surface area contributed by atoms with Crippen LogP contribution in [0.15, 0.2) is 35.4 Å². The molecule has 7 heteroatoms. The summed E-state index contributed by atoms with van der Waals surface area (Å²) in [5.74, 6) is 0.139. The fourth-order valence-electron chi connectivity index (χ4n) is 3.45. The minimum atomic E-state index is -0.0771. The number of hydrogen-bond acceptors (Lipinski definition) is 6. The third-order valence-corrected chi connectivity index (χ3v) is 5.76. The SMILES string of the molecule is N#Cc1c(N)nc(SCC(=O)NC2CCCCC2)c(C#N)c1-c1ccccc1. The molecule has 1 fully saturated rings. The lowest BCUT2D eigenvalue weighted by atomic mass is 9.95. The minimum absolute atomic E-state index is 0.0653. The predicted molar refractivity (Wildman–Crippen MR) is 109 cm³/mol. The molecule has 0 atom stereocenters. The zero-order chi connectivity index (χ0) is 19.9. The molecule has 28 heavy (non-hydrogen) atoms. The average Bonchev–Trinajstić information content (AvgIpc) is 2.73. The van der Waals surface area contributed by atoms with E-state index in [1.54, 1.807) is 0 Å². The number of nitrogen functional groups attached to an aromatic ring is 1. The number of nitrogens with two attached hydrogens (primary N) is 1. The number of nitriles is 2. The molecular weight excluding hydrogens is 370 g/mol. The first-order chi connectivity index (χ1) is 13.6. The second-order valence-corrected chi connectivity index (χ2v) is 7.67. The van der Waals surface area contributed by atoms with Crippen LogP contribution in [0.4, 0.5) is 5.82 Å². The van der Waals surface area contributed by atoms with Crippen LogP contribution < -0.4 is 11.1 Å². The van der Waals surface area contributed by atoms with Gasteiger partial charge >= 0.3 is 0 Å². The molecule has 142 valence electrons. The Morgan fingerprint density at radius 1 is 1.14 bits per heavy atom. The van der Waals surface area contributed by atoms with Gasteiger partial charge in [-0.1, -0.05) is 61.4 Å². The number of carbonyl (C=O) groups excluding carboxylic acids is 1. The van der Waals surface area contributed by atoms with Crippen molar-refractivity contribution in [3.63, 3.8) is 0 Å². The van der Waals surface area contributed by atoms with Crippen molar-refractivity contribution in [1.29, 1.82) is 10.5 Å². The van der Waals surface area contributed by atoms with Gasteiger partial charge < -0.3 is 11.1 Å². The van der Waals surface area contributed by atoms with Crippen LogP contribution in [0.3, 0.4) is 0 Å². The maximum Gasteiger partial charge on any atom is 0.230 e. The topological polar surface area (TPSA) is 116 Å². The Balaban J connectivity index is 1.85. The van der Waals surface area contributed by atoms with Crippen LogP contribution >= 0.6 is 11.8 Å². The number of carbonyl (C=O) groups is 1. The Morgan fingerprint density at radius 2 is 1.82 bits per heavy atom. The summed E-state index contributed by atoms with van der Waals surface area (Å²) in [4.78, 5) is 16.6. The smallest absolute Gasteiger partial charge is 0.230 e. The third kappa shape index (κ3) is 4.44. The first-order valence-corrected chi connectivity index (χ1v) is 10.2. The van der Waals surface area contributed by atoms with Crippen LogP contribution in [0.25, 0.3) is 11.1 Å². The number of benzene rings is 1. The van der Waals surface area contributed by atoms with Crippen molar-refractivity contribution in [2.75, 3.05) is 11.5 Å². The summed E-state index contributed by atoms with van der Waals surface area (Å²) in [6.07, 6.45) is 5.54. The van der Waals surface area contributed by atoms with Crippen molar-refractivity contribution < 1.29 is 4.79 Å². The fraction of sp³-hybridized carbons (Fsp3) is 0.333. The van der Waals surface area contributed by atoms with E-state index in [2.05, 4.69) is 22.4 Å². The van der Waals surface area contributed by atoms with Crippen LogP contribution in [0, 0.1) is 22.7 Å². The predicted octanol–water partition coefficient (Wildman–Crippen LogP) is 3.62. The highest BCUT2D eigenvalue weighted by Crippen LogP contribution is 2.35. The standard InChI is InChI=1S/C21H21N5OS/c22-11-16-19(14-7-3-1-4-8-14)17(12-23)21(26-20(16)24)28-13-18(27)25-15-9-5-2-6-10-15/h1,3-4,7-8,15H,2,5-6,9-10,13H2,(H2,24,26)(H,25,27). The Morgan fingerprint density at radius 3 is 2.46 bits per heavy atom. The minimum Gasteiger partial charge on any atom is -0.383 e. The highest BCUT2D eigenvalue weighted by Gasteiger charge is 2.21. The molecule has 2 aromatic rings. The van der Waals surface area contributed by atoms with E-state index in [4.69, 9.17) is 5.73 Å². The van der Waals surface area contributed by atoms with Gasteiger partial charge in [-0.05, 0) is 18.4 Å². The monoisotopic (exact) mass is 391 g/mol. The summed E-state index contributed by atoms with van der Waals surface area (Å²) in [7, 11) is 0. The van der Waals surface area contributed by atoms with E-state index in [1.165, 1.54) is 18.2 Å².